The Bertz CT molecular complexity index is 957. The summed E-state index contributed by atoms with van der Waals surface area (Å²) in [6.07, 6.45) is -3.60. The monoisotopic (exact) mass is 530 g/mol. The first-order valence-electron chi connectivity index (χ1n) is 12.2. The second kappa shape index (κ2) is 10.8. The number of hydrogen-bond donors (Lipinski definition) is 3. The van der Waals surface area contributed by atoms with Crippen LogP contribution in [0.3, 0.4) is 0 Å². The summed E-state index contributed by atoms with van der Waals surface area (Å²) in [5, 5.41) is 7.14. The van der Waals surface area contributed by atoms with Crippen LogP contribution in [0.1, 0.15) is 54.4 Å². The molecule has 2 heterocycles. The van der Waals surface area contributed by atoms with Crippen LogP contribution in [0, 0.1) is 22.7 Å². The third-order valence-corrected chi connectivity index (χ3v) is 7.48. The highest BCUT2D eigenvalue weighted by Crippen LogP contribution is 2.42. The smallest absolute Gasteiger partial charge is 0.356 e. The lowest BCUT2D eigenvalue weighted by Gasteiger charge is -2.38. The number of ketones is 1. The van der Waals surface area contributed by atoms with Gasteiger partial charge in [-0.05, 0) is 35.7 Å². The highest BCUT2D eigenvalue weighted by Gasteiger charge is 2.54. The number of amides is 4. The van der Waals surface area contributed by atoms with Crippen LogP contribution in [0.25, 0.3) is 0 Å². The van der Waals surface area contributed by atoms with Crippen LogP contribution in [-0.2, 0) is 24.0 Å². The SMILES string of the molecule is C=CC(=O)[C@H](C[C@@H]1CCNC1=O)NC(=O)[C@H]1N(C(=O)[C@@H](NC(=O)C(F)(F)F)C(C)(C)C)C[C@@H](C)C1(C)C. The Labute approximate surface area is 215 Å². The van der Waals surface area contributed by atoms with E-state index < -0.39 is 64.6 Å². The van der Waals surface area contributed by atoms with E-state index in [9.17, 15) is 37.1 Å². The summed E-state index contributed by atoms with van der Waals surface area (Å²) in [6.45, 7) is 13.8. The number of nitrogens with one attached hydrogen (secondary N) is 3. The molecule has 2 fully saturated rings. The van der Waals surface area contributed by atoms with E-state index in [2.05, 4.69) is 17.2 Å². The molecule has 2 aliphatic rings. The molecule has 0 aromatic carbocycles. The van der Waals surface area contributed by atoms with E-state index in [4.69, 9.17) is 0 Å². The maximum Gasteiger partial charge on any atom is 0.471 e. The normalized spacial score (nSPS) is 25.2. The Morgan fingerprint density at radius 2 is 1.78 bits per heavy atom. The lowest BCUT2D eigenvalue weighted by molar-refractivity contribution is -0.176. The van der Waals surface area contributed by atoms with Crippen molar-refractivity contribution in [2.45, 2.75) is 78.7 Å². The van der Waals surface area contributed by atoms with E-state index in [-0.39, 0.29) is 24.8 Å². The number of alkyl halides is 3. The van der Waals surface area contributed by atoms with E-state index in [1.807, 2.05) is 6.92 Å². The predicted molar refractivity (Wildman–Crippen MR) is 129 cm³/mol. The summed E-state index contributed by atoms with van der Waals surface area (Å²) in [7, 11) is 0. The second-order valence-corrected chi connectivity index (χ2v) is 11.6. The van der Waals surface area contributed by atoms with Gasteiger partial charge in [0.2, 0.25) is 17.7 Å². The third kappa shape index (κ3) is 6.70. The topological polar surface area (TPSA) is 125 Å². The van der Waals surface area contributed by atoms with Crippen molar-refractivity contribution < 1.29 is 37.1 Å². The molecule has 0 unspecified atom stereocenters. The van der Waals surface area contributed by atoms with Crippen LogP contribution in [0.4, 0.5) is 13.2 Å². The number of nitrogens with zero attached hydrogens (tertiary/aromatic N) is 1. The molecular formula is C25H37F3N4O5. The summed E-state index contributed by atoms with van der Waals surface area (Å²) in [4.78, 5) is 64.7. The van der Waals surface area contributed by atoms with Gasteiger partial charge in [-0.3, -0.25) is 24.0 Å². The molecule has 4 amide bonds. The van der Waals surface area contributed by atoms with Gasteiger partial charge in [-0.25, -0.2) is 0 Å². The molecule has 0 radical (unpaired) electrons. The molecule has 2 rings (SSSR count). The predicted octanol–water partition coefficient (Wildman–Crippen LogP) is 1.72. The van der Waals surface area contributed by atoms with Crippen molar-refractivity contribution in [2.75, 3.05) is 13.1 Å². The van der Waals surface area contributed by atoms with Crippen molar-refractivity contribution in [2.24, 2.45) is 22.7 Å². The largest absolute Gasteiger partial charge is 0.471 e. The average Bonchev–Trinajstić information content (AvgIpc) is 3.27. The molecule has 37 heavy (non-hydrogen) atoms. The minimum atomic E-state index is -5.19. The second-order valence-electron chi connectivity index (χ2n) is 11.6. The molecule has 3 N–H and O–H groups in total. The molecule has 2 saturated heterocycles. The molecule has 0 aromatic heterocycles. The first-order valence-corrected chi connectivity index (χ1v) is 12.2. The van der Waals surface area contributed by atoms with Crippen LogP contribution in [0.15, 0.2) is 12.7 Å². The van der Waals surface area contributed by atoms with Crippen molar-refractivity contribution in [3.05, 3.63) is 12.7 Å². The lowest BCUT2D eigenvalue weighted by atomic mass is 9.77. The minimum Gasteiger partial charge on any atom is -0.356 e. The van der Waals surface area contributed by atoms with Crippen LogP contribution >= 0.6 is 0 Å². The maximum absolute atomic E-state index is 13.6. The van der Waals surface area contributed by atoms with Crippen molar-refractivity contribution in [3.63, 3.8) is 0 Å². The van der Waals surface area contributed by atoms with Crippen LogP contribution in [-0.4, -0.2) is 71.7 Å². The Balaban J connectivity index is 2.38. The van der Waals surface area contributed by atoms with E-state index in [1.165, 1.54) is 25.7 Å². The fraction of sp³-hybridized carbons (Fsp3) is 0.720. The number of carbonyl (C=O) groups excluding carboxylic acids is 5. The average molecular weight is 531 g/mol. The Hall–Kier alpha value is -2.92. The zero-order valence-electron chi connectivity index (χ0n) is 22.1. The quantitative estimate of drug-likeness (QED) is 0.412. The van der Waals surface area contributed by atoms with Gasteiger partial charge in [0, 0.05) is 19.0 Å². The van der Waals surface area contributed by atoms with E-state index in [1.54, 1.807) is 19.2 Å². The molecule has 0 aromatic rings. The highest BCUT2D eigenvalue weighted by atomic mass is 19.4. The van der Waals surface area contributed by atoms with E-state index >= 15 is 0 Å². The molecule has 0 bridgehead atoms. The first kappa shape index (κ1) is 30.3. The van der Waals surface area contributed by atoms with Crippen LogP contribution in [0.5, 0.6) is 0 Å². The van der Waals surface area contributed by atoms with Gasteiger partial charge in [0.15, 0.2) is 5.78 Å². The molecular weight excluding hydrogens is 493 g/mol. The molecule has 9 nitrogen and oxygen atoms in total. The zero-order chi connectivity index (χ0) is 28.5. The van der Waals surface area contributed by atoms with Gasteiger partial charge >= 0.3 is 12.1 Å². The standard InChI is InChI=1S/C25H37F3N4O5/c1-8-16(33)15(11-14-9-10-29-19(14)34)30-20(35)18-24(6,7)13(2)12-32(18)21(36)17(23(3,4)5)31-22(37)25(26,27)28/h8,13-15,17-18H,1,9-12H2,2-7H3,(H,29,34)(H,30,35)(H,31,37)/t13-,14+,15+,17-,18-/m1/s1. The van der Waals surface area contributed by atoms with Crippen molar-refractivity contribution in [1.82, 2.24) is 20.9 Å². The first-order chi connectivity index (χ1) is 16.8. The highest BCUT2D eigenvalue weighted by molar-refractivity contribution is 5.99. The van der Waals surface area contributed by atoms with Gasteiger partial charge in [0.05, 0.1) is 6.04 Å². The summed E-state index contributed by atoms with van der Waals surface area (Å²) in [6, 6.07) is -3.77. The molecule has 0 saturated carbocycles. The van der Waals surface area contributed by atoms with Gasteiger partial charge in [-0.2, -0.15) is 13.2 Å². The fourth-order valence-corrected chi connectivity index (χ4v) is 4.82. The molecule has 0 spiro atoms. The molecule has 0 aliphatic carbocycles. The van der Waals surface area contributed by atoms with Gasteiger partial charge in [-0.15, -0.1) is 0 Å². The summed E-state index contributed by atoms with van der Waals surface area (Å²) in [5.74, 6) is -5.19. The van der Waals surface area contributed by atoms with Crippen molar-refractivity contribution in [3.8, 4) is 0 Å². The van der Waals surface area contributed by atoms with Gasteiger partial charge < -0.3 is 20.9 Å². The maximum atomic E-state index is 13.6. The summed E-state index contributed by atoms with van der Waals surface area (Å²) < 4.78 is 39.0. The van der Waals surface area contributed by atoms with Gasteiger partial charge in [-0.1, -0.05) is 48.1 Å². The zero-order valence-corrected chi connectivity index (χ0v) is 22.1. The van der Waals surface area contributed by atoms with Crippen molar-refractivity contribution >= 4 is 29.4 Å². The molecule has 2 aliphatic heterocycles. The Morgan fingerprint density at radius 1 is 1.19 bits per heavy atom. The Morgan fingerprint density at radius 3 is 2.24 bits per heavy atom. The van der Waals surface area contributed by atoms with E-state index in [0.717, 1.165) is 6.08 Å². The van der Waals surface area contributed by atoms with Gasteiger partial charge in [0.25, 0.3) is 0 Å². The van der Waals surface area contributed by atoms with Crippen LogP contribution in [0.2, 0.25) is 0 Å². The number of rotatable bonds is 8. The van der Waals surface area contributed by atoms with Gasteiger partial charge in [0.1, 0.15) is 12.1 Å². The molecule has 12 heteroatoms. The third-order valence-electron chi connectivity index (χ3n) is 7.48. The number of halogens is 3. The number of carbonyl (C=O) groups is 5. The summed E-state index contributed by atoms with van der Waals surface area (Å²) in [5.41, 5.74) is -1.92. The fourth-order valence-electron chi connectivity index (χ4n) is 4.82. The number of hydrogen-bond acceptors (Lipinski definition) is 5. The summed E-state index contributed by atoms with van der Waals surface area (Å²) >= 11 is 0. The van der Waals surface area contributed by atoms with Crippen LogP contribution < -0.4 is 16.0 Å². The Kier molecular flexibility index (Phi) is 8.87. The lowest BCUT2D eigenvalue weighted by Crippen LogP contribution is -2.61. The number of likely N-dealkylation sites (tertiary alicyclic amines) is 1. The molecule has 208 valence electrons. The minimum absolute atomic E-state index is 0.0470. The van der Waals surface area contributed by atoms with Crippen molar-refractivity contribution in [1.29, 1.82) is 0 Å². The molecule has 5 atom stereocenters. The van der Waals surface area contributed by atoms with E-state index in [0.29, 0.717) is 13.0 Å².